The van der Waals surface area contributed by atoms with Crippen molar-refractivity contribution in [2.24, 2.45) is 5.92 Å². The zero-order valence-electron chi connectivity index (χ0n) is 12.4. The van der Waals surface area contributed by atoms with Crippen molar-refractivity contribution in [1.29, 1.82) is 0 Å². The van der Waals surface area contributed by atoms with Crippen LogP contribution >= 0.6 is 0 Å². The minimum Gasteiger partial charge on any atom is -0.366 e. The van der Waals surface area contributed by atoms with Crippen LogP contribution in [0.2, 0.25) is 0 Å². The molecule has 0 spiro atoms. The van der Waals surface area contributed by atoms with Crippen LogP contribution in [0.5, 0.6) is 0 Å². The van der Waals surface area contributed by atoms with Gasteiger partial charge in [0.05, 0.1) is 12.4 Å². The largest absolute Gasteiger partial charge is 0.366 e. The molecule has 1 heterocycles. The van der Waals surface area contributed by atoms with Crippen molar-refractivity contribution in [2.45, 2.75) is 52.0 Å². The topological polar surface area (TPSA) is 66.9 Å². The molecule has 0 bridgehead atoms. The van der Waals surface area contributed by atoms with Crippen LogP contribution in [0.3, 0.4) is 0 Å². The molecule has 5 nitrogen and oxygen atoms in total. The second-order valence-corrected chi connectivity index (χ2v) is 5.87. The number of hydrogen-bond donors (Lipinski definition) is 2. The third-order valence-corrected chi connectivity index (χ3v) is 3.51. The molecule has 0 unspecified atom stereocenters. The fourth-order valence-corrected chi connectivity index (χ4v) is 2.36. The highest BCUT2D eigenvalue weighted by atomic mass is 16.1. The molecule has 2 rings (SSSR count). The standard InChI is InChI=1S/C15H24N4O/c1-11(2)8-18-15(20)13-9-17-14(10-16-13)19-12-6-4-3-5-7-12/h9-12H,3-8H2,1-2H3,(H,17,19)(H,18,20). The first-order valence-electron chi connectivity index (χ1n) is 7.52. The van der Waals surface area contributed by atoms with Gasteiger partial charge in [0.25, 0.3) is 5.91 Å². The number of rotatable bonds is 5. The van der Waals surface area contributed by atoms with Gasteiger partial charge >= 0.3 is 0 Å². The average molecular weight is 276 g/mol. The third kappa shape index (κ3) is 4.47. The number of nitrogens with zero attached hydrogens (tertiary/aromatic N) is 2. The molecule has 1 aliphatic rings. The first kappa shape index (κ1) is 14.8. The summed E-state index contributed by atoms with van der Waals surface area (Å²) in [6.07, 6.45) is 9.47. The summed E-state index contributed by atoms with van der Waals surface area (Å²) in [6, 6.07) is 0.499. The predicted molar refractivity (Wildman–Crippen MR) is 79.7 cm³/mol. The molecular weight excluding hydrogens is 252 g/mol. The zero-order chi connectivity index (χ0) is 14.4. The van der Waals surface area contributed by atoms with Gasteiger partial charge in [-0.1, -0.05) is 33.1 Å². The van der Waals surface area contributed by atoms with Crippen LogP contribution in [-0.2, 0) is 0 Å². The van der Waals surface area contributed by atoms with Crippen LogP contribution < -0.4 is 10.6 Å². The Balaban J connectivity index is 1.87. The molecule has 1 amide bonds. The van der Waals surface area contributed by atoms with Crippen LogP contribution in [0.1, 0.15) is 56.4 Å². The molecule has 1 aromatic heterocycles. The molecule has 1 saturated carbocycles. The number of hydrogen-bond acceptors (Lipinski definition) is 4. The number of carbonyl (C=O) groups excluding carboxylic acids is 1. The van der Waals surface area contributed by atoms with Crippen molar-refractivity contribution in [3.63, 3.8) is 0 Å². The van der Waals surface area contributed by atoms with Gasteiger partial charge in [0.1, 0.15) is 11.5 Å². The van der Waals surface area contributed by atoms with E-state index in [4.69, 9.17) is 0 Å². The Morgan fingerprint density at radius 3 is 2.60 bits per heavy atom. The van der Waals surface area contributed by atoms with Crippen LogP contribution in [-0.4, -0.2) is 28.5 Å². The molecule has 2 N–H and O–H groups in total. The highest BCUT2D eigenvalue weighted by molar-refractivity contribution is 5.91. The lowest BCUT2D eigenvalue weighted by Gasteiger charge is -2.23. The Kier molecular flexibility index (Phi) is 5.32. The maximum Gasteiger partial charge on any atom is 0.271 e. The maximum atomic E-state index is 11.8. The van der Waals surface area contributed by atoms with Crippen molar-refractivity contribution >= 4 is 11.7 Å². The Hall–Kier alpha value is -1.65. The van der Waals surface area contributed by atoms with E-state index in [0.29, 0.717) is 24.2 Å². The van der Waals surface area contributed by atoms with Gasteiger partial charge in [-0.25, -0.2) is 9.97 Å². The van der Waals surface area contributed by atoms with E-state index in [1.807, 2.05) is 0 Å². The maximum absolute atomic E-state index is 11.8. The van der Waals surface area contributed by atoms with E-state index in [2.05, 4.69) is 34.4 Å². The summed E-state index contributed by atoms with van der Waals surface area (Å²) < 4.78 is 0. The summed E-state index contributed by atoms with van der Waals surface area (Å²) in [4.78, 5) is 20.3. The van der Waals surface area contributed by atoms with Gasteiger partial charge in [-0.15, -0.1) is 0 Å². The lowest BCUT2D eigenvalue weighted by Crippen LogP contribution is -2.28. The van der Waals surface area contributed by atoms with Crippen molar-refractivity contribution in [3.8, 4) is 0 Å². The van der Waals surface area contributed by atoms with E-state index in [1.165, 1.54) is 32.1 Å². The van der Waals surface area contributed by atoms with Crippen LogP contribution in [0.15, 0.2) is 12.4 Å². The molecule has 20 heavy (non-hydrogen) atoms. The zero-order valence-corrected chi connectivity index (χ0v) is 12.4. The molecule has 1 aliphatic carbocycles. The second kappa shape index (κ2) is 7.22. The van der Waals surface area contributed by atoms with Crippen molar-refractivity contribution in [1.82, 2.24) is 15.3 Å². The van der Waals surface area contributed by atoms with Crippen LogP contribution in [0.25, 0.3) is 0 Å². The Morgan fingerprint density at radius 1 is 1.25 bits per heavy atom. The van der Waals surface area contributed by atoms with Gasteiger partial charge in [-0.2, -0.15) is 0 Å². The normalized spacial score (nSPS) is 16.1. The minimum atomic E-state index is -0.157. The average Bonchev–Trinajstić information content (AvgIpc) is 2.46. The SMILES string of the molecule is CC(C)CNC(=O)c1cnc(NC2CCCCC2)cn1. The van der Waals surface area contributed by atoms with Crippen molar-refractivity contribution in [3.05, 3.63) is 18.1 Å². The van der Waals surface area contributed by atoms with Gasteiger partial charge in [0, 0.05) is 12.6 Å². The van der Waals surface area contributed by atoms with E-state index >= 15 is 0 Å². The summed E-state index contributed by atoms with van der Waals surface area (Å²) in [7, 11) is 0. The predicted octanol–water partition coefficient (Wildman–Crippen LogP) is 2.61. The fourth-order valence-electron chi connectivity index (χ4n) is 2.36. The van der Waals surface area contributed by atoms with Gasteiger partial charge in [-0.3, -0.25) is 4.79 Å². The van der Waals surface area contributed by atoms with Crippen molar-refractivity contribution in [2.75, 3.05) is 11.9 Å². The van der Waals surface area contributed by atoms with Gasteiger partial charge in [0.2, 0.25) is 0 Å². The number of anilines is 1. The summed E-state index contributed by atoms with van der Waals surface area (Å²) in [5.74, 6) is 1.03. The second-order valence-electron chi connectivity index (χ2n) is 5.87. The molecule has 0 aliphatic heterocycles. The van der Waals surface area contributed by atoms with Gasteiger partial charge in [-0.05, 0) is 18.8 Å². The van der Waals surface area contributed by atoms with Crippen molar-refractivity contribution < 1.29 is 4.79 Å². The van der Waals surface area contributed by atoms with Crippen LogP contribution in [0.4, 0.5) is 5.82 Å². The molecule has 5 heteroatoms. The first-order chi connectivity index (χ1) is 9.65. The molecule has 0 saturated heterocycles. The summed E-state index contributed by atoms with van der Waals surface area (Å²) in [6.45, 7) is 4.77. The smallest absolute Gasteiger partial charge is 0.271 e. The highest BCUT2D eigenvalue weighted by Crippen LogP contribution is 2.20. The molecule has 0 aromatic carbocycles. The minimum absolute atomic E-state index is 0.157. The fraction of sp³-hybridized carbons (Fsp3) is 0.667. The Morgan fingerprint density at radius 2 is 2.00 bits per heavy atom. The molecule has 1 fully saturated rings. The first-order valence-corrected chi connectivity index (χ1v) is 7.52. The third-order valence-electron chi connectivity index (χ3n) is 3.51. The quantitative estimate of drug-likeness (QED) is 0.867. The molecule has 0 radical (unpaired) electrons. The van der Waals surface area contributed by atoms with E-state index in [1.54, 1.807) is 12.4 Å². The van der Waals surface area contributed by atoms with E-state index in [9.17, 15) is 4.79 Å². The molecule has 0 atom stereocenters. The summed E-state index contributed by atoms with van der Waals surface area (Å²) >= 11 is 0. The Bertz CT molecular complexity index is 424. The van der Waals surface area contributed by atoms with Crippen LogP contribution in [0, 0.1) is 5.92 Å². The van der Waals surface area contributed by atoms with Gasteiger partial charge in [0.15, 0.2) is 0 Å². The lowest BCUT2D eigenvalue weighted by molar-refractivity contribution is 0.0943. The lowest BCUT2D eigenvalue weighted by atomic mass is 9.96. The van der Waals surface area contributed by atoms with E-state index in [0.717, 1.165) is 5.82 Å². The number of amides is 1. The monoisotopic (exact) mass is 276 g/mol. The van der Waals surface area contributed by atoms with E-state index < -0.39 is 0 Å². The Labute approximate surface area is 120 Å². The number of carbonyl (C=O) groups is 1. The van der Waals surface area contributed by atoms with E-state index in [-0.39, 0.29) is 5.91 Å². The molecule has 1 aromatic rings. The van der Waals surface area contributed by atoms with Gasteiger partial charge < -0.3 is 10.6 Å². The molecule has 110 valence electrons. The number of nitrogens with one attached hydrogen (secondary N) is 2. The summed E-state index contributed by atoms with van der Waals surface area (Å²) in [5.41, 5.74) is 0.375. The summed E-state index contributed by atoms with van der Waals surface area (Å²) in [5, 5.41) is 6.23. The molecular formula is C15H24N4O. The number of aromatic nitrogens is 2. The highest BCUT2D eigenvalue weighted by Gasteiger charge is 2.14.